The Morgan fingerprint density at radius 1 is 1.83 bits per heavy atom. The van der Waals surface area contributed by atoms with E-state index < -0.39 is 0 Å². The molecule has 0 aromatic carbocycles. The molecule has 0 spiro atoms. The number of carbonyl (C=O) groups excluding carboxylic acids is 1. The molecule has 0 saturated heterocycles. The SMILES string of the molecule is C=CCNC(=O)c1cc(Br)cs1. The van der Waals surface area contributed by atoms with E-state index in [0.29, 0.717) is 11.4 Å². The minimum atomic E-state index is -0.0504. The van der Waals surface area contributed by atoms with Crippen LogP contribution in [0.4, 0.5) is 0 Å². The van der Waals surface area contributed by atoms with Gasteiger partial charge in [0.15, 0.2) is 0 Å². The van der Waals surface area contributed by atoms with E-state index in [0.717, 1.165) is 4.47 Å². The third-order valence-corrected chi connectivity index (χ3v) is 2.89. The summed E-state index contributed by atoms with van der Waals surface area (Å²) in [5.41, 5.74) is 0. The van der Waals surface area contributed by atoms with Gasteiger partial charge in [-0.1, -0.05) is 6.08 Å². The Hall–Kier alpha value is -0.610. The standard InChI is InChI=1S/C8H8BrNOS/c1-2-3-10-8(11)7-4-6(9)5-12-7/h2,4-5H,1,3H2,(H,10,11). The summed E-state index contributed by atoms with van der Waals surface area (Å²) in [6.45, 7) is 4.02. The lowest BCUT2D eigenvalue weighted by atomic mass is 10.4. The lowest BCUT2D eigenvalue weighted by Gasteiger charge is -1.96. The molecule has 4 heteroatoms. The molecule has 0 aliphatic heterocycles. The van der Waals surface area contributed by atoms with Gasteiger partial charge in [-0.2, -0.15) is 0 Å². The van der Waals surface area contributed by atoms with Crippen LogP contribution in [0.5, 0.6) is 0 Å². The molecule has 0 fully saturated rings. The van der Waals surface area contributed by atoms with Crippen LogP contribution in [-0.4, -0.2) is 12.5 Å². The molecule has 0 aliphatic carbocycles. The van der Waals surface area contributed by atoms with Gasteiger partial charge in [0.05, 0.1) is 4.88 Å². The largest absolute Gasteiger partial charge is 0.348 e. The van der Waals surface area contributed by atoms with Gasteiger partial charge >= 0.3 is 0 Å². The molecule has 2 nitrogen and oxygen atoms in total. The van der Waals surface area contributed by atoms with Gasteiger partial charge in [0.1, 0.15) is 0 Å². The zero-order valence-electron chi connectivity index (χ0n) is 6.34. The zero-order valence-corrected chi connectivity index (χ0v) is 8.74. The maximum Gasteiger partial charge on any atom is 0.261 e. The molecule has 1 amide bonds. The van der Waals surface area contributed by atoms with Gasteiger partial charge in [-0.15, -0.1) is 17.9 Å². The highest BCUT2D eigenvalue weighted by molar-refractivity contribution is 9.10. The van der Waals surface area contributed by atoms with Crippen LogP contribution >= 0.6 is 27.3 Å². The molecule has 1 aromatic heterocycles. The van der Waals surface area contributed by atoms with Crippen LogP contribution in [0.2, 0.25) is 0 Å². The molecule has 1 aromatic rings. The summed E-state index contributed by atoms with van der Waals surface area (Å²) in [6.07, 6.45) is 1.65. The highest BCUT2D eigenvalue weighted by Gasteiger charge is 2.05. The Balaban J connectivity index is 2.59. The molecule has 0 unspecified atom stereocenters. The number of nitrogens with one attached hydrogen (secondary N) is 1. The van der Waals surface area contributed by atoms with Crippen molar-refractivity contribution in [2.45, 2.75) is 0 Å². The summed E-state index contributed by atoms with van der Waals surface area (Å²) >= 11 is 4.69. The van der Waals surface area contributed by atoms with Crippen molar-refractivity contribution in [3.63, 3.8) is 0 Å². The normalized spacial score (nSPS) is 9.42. The fourth-order valence-corrected chi connectivity index (χ4v) is 2.03. The summed E-state index contributed by atoms with van der Waals surface area (Å²) in [5.74, 6) is -0.0504. The second-order valence-electron chi connectivity index (χ2n) is 2.13. The average molecular weight is 246 g/mol. The number of hydrogen-bond acceptors (Lipinski definition) is 2. The summed E-state index contributed by atoms with van der Waals surface area (Å²) in [5, 5.41) is 4.57. The monoisotopic (exact) mass is 245 g/mol. The third-order valence-electron chi connectivity index (χ3n) is 1.20. The number of thiophene rings is 1. The van der Waals surface area contributed by atoms with E-state index in [2.05, 4.69) is 27.8 Å². The Bertz CT molecular complexity index is 295. The minimum Gasteiger partial charge on any atom is -0.348 e. The van der Waals surface area contributed by atoms with E-state index in [1.165, 1.54) is 11.3 Å². The van der Waals surface area contributed by atoms with Crippen LogP contribution in [0.3, 0.4) is 0 Å². The number of halogens is 1. The van der Waals surface area contributed by atoms with Gasteiger partial charge < -0.3 is 5.32 Å². The quantitative estimate of drug-likeness (QED) is 0.815. The van der Waals surface area contributed by atoms with Crippen LogP contribution in [-0.2, 0) is 0 Å². The first-order valence-electron chi connectivity index (χ1n) is 3.37. The number of amides is 1. The highest BCUT2D eigenvalue weighted by Crippen LogP contribution is 2.19. The van der Waals surface area contributed by atoms with E-state index in [-0.39, 0.29) is 5.91 Å². The first kappa shape index (κ1) is 9.48. The van der Waals surface area contributed by atoms with E-state index in [9.17, 15) is 4.79 Å². The second kappa shape index (κ2) is 4.42. The van der Waals surface area contributed by atoms with Crippen LogP contribution < -0.4 is 5.32 Å². The molecule has 1 heterocycles. The summed E-state index contributed by atoms with van der Waals surface area (Å²) < 4.78 is 0.941. The molecule has 0 atom stereocenters. The maximum absolute atomic E-state index is 11.2. The van der Waals surface area contributed by atoms with E-state index in [1.54, 1.807) is 12.1 Å². The smallest absolute Gasteiger partial charge is 0.261 e. The van der Waals surface area contributed by atoms with Gasteiger partial charge in [0, 0.05) is 16.4 Å². The lowest BCUT2D eigenvalue weighted by Crippen LogP contribution is -2.21. The zero-order chi connectivity index (χ0) is 8.97. The summed E-state index contributed by atoms with van der Waals surface area (Å²) in [4.78, 5) is 12.0. The molecule has 0 saturated carbocycles. The van der Waals surface area contributed by atoms with E-state index in [1.807, 2.05) is 5.38 Å². The Labute approximate surface area is 83.4 Å². The molecular formula is C8H8BrNOS. The van der Waals surface area contributed by atoms with Gasteiger partial charge in [-0.3, -0.25) is 4.79 Å². The first-order valence-corrected chi connectivity index (χ1v) is 5.04. The lowest BCUT2D eigenvalue weighted by molar-refractivity contribution is 0.0962. The number of rotatable bonds is 3. The molecule has 0 bridgehead atoms. The minimum absolute atomic E-state index is 0.0504. The van der Waals surface area contributed by atoms with Crippen molar-refractivity contribution in [3.8, 4) is 0 Å². The Kier molecular flexibility index (Phi) is 3.49. The van der Waals surface area contributed by atoms with Crippen LogP contribution in [0.1, 0.15) is 9.67 Å². The van der Waals surface area contributed by atoms with E-state index in [4.69, 9.17) is 0 Å². The van der Waals surface area contributed by atoms with Crippen molar-refractivity contribution >= 4 is 33.2 Å². The Morgan fingerprint density at radius 2 is 2.58 bits per heavy atom. The first-order chi connectivity index (χ1) is 5.74. The summed E-state index contributed by atoms with van der Waals surface area (Å²) in [7, 11) is 0. The van der Waals surface area contributed by atoms with E-state index >= 15 is 0 Å². The second-order valence-corrected chi connectivity index (χ2v) is 3.95. The predicted molar refractivity (Wildman–Crippen MR) is 54.5 cm³/mol. The molecular weight excluding hydrogens is 238 g/mol. The van der Waals surface area contributed by atoms with Gasteiger partial charge in [-0.05, 0) is 22.0 Å². The van der Waals surface area contributed by atoms with Crippen molar-refractivity contribution in [2.75, 3.05) is 6.54 Å². The van der Waals surface area contributed by atoms with Crippen LogP contribution in [0.25, 0.3) is 0 Å². The molecule has 1 N–H and O–H groups in total. The molecule has 1 rings (SSSR count). The van der Waals surface area contributed by atoms with Gasteiger partial charge in [-0.25, -0.2) is 0 Å². The van der Waals surface area contributed by atoms with Crippen LogP contribution in [0, 0.1) is 0 Å². The van der Waals surface area contributed by atoms with Crippen molar-refractivity contribution in [2.24, 2.45) is 0 Å². The molecule has 0 aliphatic rings. The number of carbonyl (C=O) groups is 1. The van der Waals surface area contributed by atoms with Crippen molar-refractivity contribution in [1.82, 2.24) is 5.32 Å². The van der Waals surface area contributed by atoms with Crippen LogP contribution in [0.15, 0.2) is 28.6 Å². The van der Waals surface area contributed by atoms with Gasteiger partial charge in [0.25, 0.3) is 5.91 Å². The average Bonchev–Trinajstić information content (AvgIpc) is 2.47. The van der Waals surface area contributed by atoms with Crippen molar-refractivity contribution < 1.29 is 4.79 Å². The maximum atomic E-state index is 11.2. The third kappa shape index (κ3) is 2.46. The Morgan fingerprint density at radius 3 is 3.08 bits per heavy atom. The highest BCUT2D eigenvalue weighted by atomic mass is 79.9. The predicted octanol–water partition coefficient (Wildman–Crippen LogP) is 2.43. The molecule has 0 radical (unpaired) electrons. The molecule has 12 heavy (non-hydrogen) atoms. The van der Waals surface area contributed by atoms with Crippen molar-refractivity contribution in [1.29, 1.82) is 0 Å². The fraction of sp³-hybridized carbons (Fsp3) is 0.125. The topological polar surface area (TPSA) is 29.1 Å². The fourth-order valence-electron chi connectivity index (χ4n) is 0.684. The number of hydrogen-bond donors (Lipinski definition) is 1. The summed E-state index contributed by atoms with van der Waals surface area (Å²) in [6, 6.07) is 1.79. The van der Waals surface area contributed by atoms with Crippen molar-refractivity contribution in [3.05, 3.63) is 33.5 Å². The molecule has 64 valence electrons. The van der Waals surface area contributed by atoms with Gasteiger partial charge in [0.2, 0.25) is 0 Å².